The molecule has 1 aromatic carbocycles. The molecule has 1 saturated heterocycles. The molecular weight excluding hydrogens is 446 g/mol. The van der Waals surface area contributed by atoms with Gasteiger partial charge in [0.2, 0.25) is 5.89 Å². The normalized spacial score (nSPS) is 17.7. The smallest absolute Gasteiger partial charge is 0.226 e. The van der Waals surface area contributed by atoms with Crippen LogP contribution < -0.4 is 5.32 Å². The Morgan fingerprint density at radius 2 is 2.15 bits per heavy atom. The Labute approximate surface area is 171 Å². The number of likely N-dealkylation sites (tertiary alicyclic amines) is 1. The standard InChI is InChI=1S/C19H25FN4O.HI/c1-14-4-3-11-24(12-14)19(21-2)22-10-9-17-13-25-18(23-17)15-5-7-16(20)8-6-15;/h5-8,13-14H,3-4,9-12H2,1-2H3,(H,21,22);1H. The Bertz CT molecular complexity index is 717. The Hall–Kier alpha value is -1.64. The molecule has 2 heterocycles. The van der Waals surface area contributed by atoms with Gasteiger partial charge in [0.25, 0.3) is 0 Å². The van der Waals surface area contributed by atoms with Crippen molar-refractivity contribution in [2.24, 2.45) is 10.9 Å². The van der Waals surface area contributed by atoms with Gasteiger partial charge in [0.05, 0.1) is 5.69 Å². The van der Waals surface area contributed by atoms with Crippen molar-refractivity contribution in [3.05, 3.63) is 42.0 Å². The summed E-state index contributed by atoms with van der Waals surface area (Å²) in [6.45, 7) is 5.14. The topological polar surface area (TPSA) is 53.7 Å². The molecule has 26 heavy (non-hydrogen) atoms. The van der Waals surface area contributed by atoms with Gasteiger partial charge in [0.15, 0.2) is 5.96 Å². The molecule has 0 amide bonds. The van der Waals surface area contributed by atoms with E-state index >= 15 is 0 Å². The number of hydrogen-bond acceptors (Lipinski definition) is 3. The summed E-state index contributed by atoms with van der Waals surface area (Å²) in [5, 5.41) is 3.41. The maximum Gasteiger partial charge on any atom is 0.226 e. The molecule has 7 heteroatoms. The monoisotopic (exact) mass is 472 g/mol. The highest BCUT2D eigenvalue weighted by molar-refractivity contribution is 14.0. The minimum absolute atomic E-state index is 0. The minimum atomic E-state index is -0.266. The van der Waals surface area contributed by atoms with Crippen LogP contribution in [-0.4, -0.2) is 42.5 Å². The molecule has 1 aliphatic heterocycles. The molecule has 0 radical (unpaired) electrons. The summed E-state index contributed by atoms with van der Waals surface area (Å²) >= 11 is 0. The fraction of sp³-hybridized carbons (Fsp3) is 0.474. The lowest BCUT2D eigenvalue weighted by Gasteiger charge is -2.33. The summed E-state index contributed by atoms with van der Waals surface area (Å²) in [7, 11) is 1.82. The lowest BCUT2D eigenvalue weighted by atomic mass is 10.0. The number of guanidine groups is 1. The average molecular weight is 472 g/mol. The number of aromatic nitrogens is 1. The second kappa shape index (κ2) is 9.89. The van der Waals surface area contributed by atoms with Crippen molar-refractivity contribution >= 4 is 29.9 Å². The lowest BCUT2D eigenvalue weighted by Crippen LogP contribution is -2.46. The quantitative estimate of drug-likeness (QED) is 0.416. The van der Waals surface area contributed by atoms with Crippen LogP contribution in [-0.2, 0) is 6.42 Å². The van der Waals surface area contributed by atoms with E-state index in [1.165, 1.54) is 25.0 Å². The third-order valence-corrected chi connectivity index (χ3v) is 4.48. The van der Waals surface area contributed by atoms with Crippen LogP contribution in [0.5, 0.6) is 0 Å². The summed E-state index contributed by atoms with van der Waals surface area (Å²) in [5.41, 5.74) is 1.65. The first-order valence-corrected chi connectivity index (χ1v) is 8.81. The molecule has 1 aliphatic rings. The summed E-state index contributed by atoms with van der Waals surface area (Å²) in [4.78, 5) is 11.2. The van der Waals surface area contributed by atoms with Crippen molar-refractivity contribution in [3.8, 4) is 11.5 Å². The molecule has 0 bridgehead atoms. The molecule has 1 N–H and O–H groups in total. The van der Waals surface area contributed by atoms with Gasteiger partial charge >= 0.3 is 0 Å². The molecule has 0 aliphatic carbocycles. The zero-order chi connectivity index (χ0) is 17.6. The van der Waals surface area contributed by atoms with E-state index in [1.807, 2.05) is 7.05 Å². The molecule has 1 aromatic heterocycles. The number of rotatable bonds is 4. The second-order valence-corrected chi connectivity index (χ2v) is 6.57. The zero-order valence-corrected chi connectivity index (χ0v) is 17.6. The van der Waals surface area contributed by atoms with Crippen LogP contribution in [0.3, 0.4) is 0 Å². The number of halogens is 2. The highest BCUT2D eigenvalue weighted by atomic mass is 127. The number of aliphatic imine (C=N–C) groups is 1. The van der Waals surface area contributed by atoms with Crippen molar-refractivity contribution in [2.45, 2.75) is 26.2 Å². The van der Waals surface area contributed by atoms with E-state index in [4.69, 9.17) is 4.42 Å². The second-order valence-electron chi connectivity index (χ2n) is 6.57. The van der Waals surface area contributed by atoms with E-state index in [-0.39, 0.29) is 29.8 Å². The summed E-state index contributed by atoms with van der Waals surface area (Å²) in [6.07, 6.45) is 4.91. The molecule has 5 nitrogen and oxygen atoms in total. The molecule has 0 saturated carbocycles. The van der Waals surface area contributed by atoms with Crippen molar-refractivity contribution in [3.63, 3.8) is 0 Å². The summed E-state index contributed by atoms with van der Waals surface area (Å²) in [6, 6.07) is 6.15. The third kappa shape index (κ3) is 5.43. The SMILES string of the molecule is CN=C(NCCc1coc(-c2ccc(F)cc2)n1)N1CCCC(C)C1.I. The molecule has 1 unspecified atom stereocenters. The van der Waals surface area contributed by atoms with Crippen LogP contribution >= 0.6 is 24.0 Å². The van der Waals surface area contributed by atoms with Crippen molar-refractivity contribution in [1.82, 2.24) is 15.2 Å². The van der Waals surface area contributed by atoms with Gasteiger partial charge in [-0.2, -0.15) is 0 Å². The molecule has 142 valence electrons. The molecule has 2 aromatic rings. The predicted molar refractivity (Wildman–Crippen MR) is 112 cm³/mol. The molecule has 1 atom stereocenters. The van der Waals surface area contributed by atoms with Crippen LogP contribution in [0.1, 0.15) is 25.5 Å². The van der Waals surface area contributed by atoms with E-state index in [0.717, 1.165) is 43.3 Å². The van der Waals surface area contributed by atoms with E-state index in [1.54, 1.807) is 18.4 Å². The molecule has 1 fully saturated rings. The molecular formula is C19H26FIN4O. The van der Waals surface area contributed by atoms with Crippen molar-refractivity contribution < 1.29 is 8.81 Å². The number of benzene rings is 1. The van der Waals surface area contributed by atoms with Crippen molar-refractivity contribution in [1.29, 1.82) is 0 Å². The first-order valence-electron chi connectivity index (χ1n) is 8.81. The highest BCUT2D eigenvalue weighted by Gasteiger charge is 2.19. The maximum atomic E-state index is 13.0. The van der Waals surface area contributed by atoms with Gasteiger partial charge in [-0.05, 0) is 43.0 Å². The average Bonchev–Trinajstić information content (AvgIpc) is 3.08. The Kier molecular flexibility index (Phi) is 7.86. The van der Waals surface area contributed by atoms with Gasteiger partial charge in [-0.3, -0.25) is 4.99 Å². The van der Waals surface area contributed by atoms with Gasteiger partial charge < -0.3 is 14.6 Å². The largest absolute Gasteiger partial charge is 0.444 e. The summed E-state index contributed by atoms with van der Waals surface area (Å²) < 4.78 is 18.5. The fourth-order valence-electron chi connectivity index (χ4n) is 3.16. The number of nitrogens with zero attached hydrogens (tertiary/aromatic N) is 3. The minimum Gasteiger partial charge on any atom is -0.444 e. The van der Waals surface area contributed by atoms with Crippen molar-refractivity contribution in [2.75, 3.05) is 26.7 Å². The first-order chi connectivity index (χ1) is 12.2. The van der Waals surface area contributed by atoms with Crippen LogP contribution in [0.2, 0.25) is 0 Å². The Morgan fingerprint density at radius 3 is 2.85 bits per heavy atom. The zero-order valence-electron chi connectivity index (χ0n) is 15.2. The lowest BCUT2D eigenvalue weighted by molar-refractivity contribution is 0.266. The predicted octanol–water partition coefficient (Wildman–Crippen LogP) is 3.95. The van der Waals surface area contributed by atoms with E-state index in [2.05, 4.69) is 27.1 Å². The maximum absolute atomic E-state index is 13.0. The number of piperidine rings is 1. The van der Waals surface area contributed by atoms with E-state index in [0.29, 0.717) is 11.8 Å². The summed E-state index contributed by atoms with van der Waals surface area (Å²) in [5.74, 6) is 1.91. The van der Waals surface area contributed by atoms with Crippen LogP contribution in [0.25, 0.3) is 11.5 Å². The van der Waals surface area contributed by atoms with Gasteiger partial charge in [0.1, 0.15) is 12.1 Å². The Morgan fingerprint density at radius 1 is 1.38 bits per heavy atom. The van der Waals surface area contributed by atoms with Gasteiger partial charge in [0, 0.05) is 38.7 Å². The number of nitrogens with one attached hydrogen (secondary N) is 1. The molecule has 3 rings (SSSR count). The molecule has 0 spiro atoms. The number of oxazole rings is 1. The highest BCUT2D eigenvalue weighted by Crippen LogP contribution is 2.19. The Balaban J connectivity index is 0.00000243. The first kappa shape index (κ1) is 20.7. The third-order valence-electron chi connectivity index (χ3n) is 4.48. The van der Waals surface area contributed by atoms with Crippen LogP contribution in [0.15, 0.2) is 39.9 Å². The van der Waals surface area contributed by atoms with Gasteiger partial charge in [-0.15, -0.1) is 24.0 Å². The van der Waals surface area contributed by atoms with E-state index in [9.17, 15) is 4.39 Å². The van der Waals surface area contributed by atoms with E-state index < -0.39 is 0 Å². The number of hydrogen-bond donors (Lipinski definition) is 1. The van der Waals surface area contributed by atoms with Gasteiger partial charge in [-0.25, -0.2) is 9.37 Å². The van der Waals surface area contributed by atoms with Crippen LogP contribution in [0.4, 0.5) is 4.39 Å². The fourth-order valence-corrected chi connectivity index (χ4v) is 3.16. The van der Waals surface area contributed by atoms with Crippen LogP contribution in [0, 0.1) is 11.7 Å². The van der Waals surface area contributed by atoms with Gasteiger partial charge in [-0.1, -0.05) is 6.92 Å².